The summed E-state index contributed by atoms with van der Waals surface area (Å²) in [6.07, 6.45) is 4.40. The van der Waals surface area contributed by atoms with E-state index in [0.717, 1.165) is 19.0 Å². The average Bonchev–Trinajstić information content (AvgIpc) is 3.78. The van der Waals surface area contributed by atoms with Gasteiger partial charge in [-0.2, -0.15) is 18.3 Å². The molecule has 3 heterocycles. The van der Waals surface area contributed by atoms with Crippen molar-refractivity contribution in [2.24, 2.45) is 0 Å². The lowest BCUT2D eigenvalue weighted by Crippen LogP contribution is -2.57. The minimum Gasteiger partial charge on any atom is -0.379 e. The van der Waals surface area contributed by atoms with Crippen LogP contribution in [0.3, 0.4) is 0 Å². The van der Waals surface area contributed by atoms with Gasteiger partial charge in [0.25, 0.3) is 5.56 Å². The highest BCUT2D eigenvalue weighted by Gasteiger charge is 2.53. The first kappa shape index (κ1) is 25.4. The molecule has 200 valence electrons. The van der Waals surface area contributed by atoms with Gasteiger partial charge in [-0.1, -0.05) is 0 Å². The molecule has 13 heteroatoms. The van der Waals surface area contributed by atoms with Gasteiger partial charge < -0.3 is 19.9 Å². The van der Waals surface area contributed by atoms with Crippen molar-refractivity contribution < 1.29 is 22.7 Å². The number of nitrogens with zero attached hydrogens (tertiary/aromatic N) is 5. The average molecular weight is 522 g/mol. The zero-order valence-corrected chi connectivity index (χ0v) is 20.6. The number of alkyl halides is 3. The normalized spacial score (nSPS) is 19.7. The number of rotatable bonds is 9. The van der Waals surface area contributed by atoms with Gasteiger partial charge in [0.05, 0.1) is 37.1 Å². The first-order valence-electron chi connectivity index (χ1n) is 12.5. The Kier molecular flexibility index (Phi) is 6.82. The molecule has 2 aliphatic carbocycles. The van der Waals surface area contributed by atoms with Gasteiger partial charge in [0, 0.05) is 38.1 Å². The van der Waals surface area contributed by atoms with E-state index < -0.39 is 29.0 Å². The predicted molar refractivity (Wildman–Crippen MR) is 128 cm³/mol. The molecule has 2 aromatic heterocycles. The van der Waals surface area contributed by atoms with Crippen LogP contribution < -0.4 is 15.8 Å². The van der Waals surface area contributed by atoms with Gasteiger partial charge in [0.2, 0.25) is 11.9 Å². The molecule has 5 rings (SSSR count). The Morgan fingerprint density at radius 2 is 1.97 bits per heavy atom. The van der Waals surface area contributed by atoms with Crippen LogP contribution in [0.15, 0.2) is 23.4 Å². The molecular weight excluding hydrogens is 491 g/mol. The second-order valence-electron chi connectivity index (χ2n) is 10.1. The Labute approximate surface area is 211 Å². The van der Waals surface area contributed by atoms with Crippen LogP contribution in [0.1, 0.15) is 56.1 Å². The Morgan fingerprint density at radius 3 is 2.62 bits per heavy atom. The fourth-order valence-corrected chi connectivity index (χ4v) is 4.88. The summed E-state index contributed by atoms with van der Waals surface area (Å²) in [4.78, 5) is 37.8. The molecule has 1 saturated heterocycles. The fraction of sp³-hybridized carbons (Fsp3) is 0.625. The fourth-order valence-electron chi connectivity index (χ4n) is 4.88. The SMILES string of the molecule is C[C@@H](COCCC(=O)N1CCN(c2ncc(C3CC3)cn2)CC12CC2)Nc1cn[nH]c(=O)c1C(F)(F)F. The van der Waals surface area contributed by atoms with E-state index in [4.69, 9.17) is 4.74 Å². The van der Waals surface area contributed by atoms with Crippen molar-refractivity contribution in [3.05, 3.63) is 40.1 Å². The molecule has 1 spiro atoms. The molecule has 3 aliphatic rings. The molecule has 0 bridgehead atoms. The van der Waals surface area contributed by atoms with Crippen molar-refractivity contribution in [2.45, 2.75) is 62.7 Å². The van der Waals surface area contributed by atoms with Gasteiger partial charge >= 0.3 is 6.18 Å². The Morgan fingerprint density at radius 1 is 1.24 bits per heavy atom. The molecule has 1 atom stereocenters. The highest BCUT2D eigenvalue weighted by molar-refractivity contribution is 5.78. The number of anilines is 2. The number of H-pyrrole nitrogens is 1. The van der Waals surface area contributed by atoms with Crippen molar-refractivity contribution >= 4 is 17.5 Å². The van der Waals surface area contributed by atoms with Crippen LogP contribution in [0, 0.1) is 0 Å². The monoisotopic (exact) mass is 521 g/mol. The van der Waals surface area contributed by atoms with Gasteiger partial charge in [-0.05, 0) is 44.1 Å². The summed E-state index contributed by atoms with van der Waals surface area (Å²) >= 11 is 0. The molecule has 10 nitrogen and oxygen atoms in total. The second-order valence-corrected chi connectivity index (χ2v) is 10.1. The van der Waals surface area contributed by atoms with E-state index in [9.17, 15) is 22.8 Å². The van der Waals surface area contributed by atoms with Crippen LogP contribution in [0.2, 0.25) is 0 Å². The molecule has 3 fully saturated rings. The minimum atomic E-state index is -4.82. The maximum absolute atomic E-state index is 13.2. The summed E-state index contributed by atoms with van der Waals surface area (Å²) in [5, 5.41) is 7.86. The Hall–Kier alpha value is -3.22. The number of piperazine rings is 1. The van der Waals surface area contributed by atoms with Gasteiger partial charge in [-0.25, -0.2) is 15.1 Å². The van der Waals surface area contributed by atoms with Crippen LogP contribution >= 0.6 is 0 Å². The summed E-state index contributed by atoms with van der Waals surface area (Å²) in [6, 6.07) is -0.538. The van der Waals surface area contributed by atoms with Crippen LogP contribution in [0.5, 0.6) is 0 Å². The number of ether oxygens (including phenoxy) is 1. The minimum absolute atomic E-state index is 0.000845. The number of carbonyl (C=O) groups excluding carboxylic acids is 1. The second kappa shape index (κ2) is 9.92. The molecule has 0 unspecified atom stereocenters. The number of aromatic nitrogens is 4. The predicted octanol–water partition coefficient (Wildman–Crippen LogP) is 2.54. The first-order valence-corrected chi connectivity index (χ1v) is 12.5. The topological polar surface area (TPSA) is 116 Å². The molecule has 2 aromatic rings. The largest absolute Gasteiger partial charge is 0.423 e. The third-order valence-electron chi connectivity index (χ3n) is 7.14. The quantitative estimate of drug-likeness (QED) is 0.484. The molecule has 0 aromatic carbocycles. The number of amides is 1. The summed E-state index contributed by atoms with van der Waals surface area (Å²) < 4.78 is 45.2. The van der Waals surface area contributed by atoms with E-state index in [-0.39, 0.29) is 31.1 Å². The van der Waals surface area contributed by atoms with Crippen LogP contribution in [0.25, 0.3) is 0 Å². The van der Waals surface area contributed by atoms with Crippen molar-refractivity contribution in [1.82, 2.24) is 25.1 Å². The highest BCUT2D eigenvalue weighted by Crippen LogP contribution is 2.45. The Bertz CT molecular complexity index is 1180. The lowest BCUT2D eigenvalue weighted by molar-refractivity contribution is -0.138. The third kappa shape index (κ3) is 5.71. The number of hydrogen-bond donors (Lipinski definition) is 2. The van der Waals surface area contributed by atoms with E-state index in [1.54, 1.807) is 12.0 Å². The van der Waals surface area contributed by atoms with E-state index >= 15 is 0 Å². The highest BCUT2D eigenvalue weighted by atomic mass is 19.4. The van der Waals surface area contributed by atoms with Crippen molar-refractivity contribution in [3.8, 4) is 0 Å². The smallest absolute Gasteiger partial charge is 0.379 e. The van der Waals surface area contributed by atoms with Crippen molar-refractivity contribution in [3.63, 3.8) is 0 Å². The molecule has 2 N–H and O–H groups in total. The van der Waals surface area contributed by atoms with Crippen LogP contribution in [0.4, 0.5) is 24.8 Å². The summed E-state index contributed by atoms with van der Waals surface area (Å²) in [7, 11) is 0. The first-order chi connectivity index (χ1) is 17.7. The van der Waals surface area contributed by atoms with Crippen LogP contribution in [-0.2, 0) is 15.7 Å². The number of aromatic amines is 1. The molecule has 37 heavy (non-hydrogen) atoms. The van der Waals surface area contributed by atoms with E-state index in [0.29, 0.717) is 31.5 Å². The van der Waals surface area contributed by atoms with E-state index in [1.165, 1.54) is 18.4 Å². The number of hydrogen-bond acceptors (Lipinski definition) is 8. The number of carbonyl (C=O) groups is 1. The molecule has 1 amide bonds. The van der Waals surface area contributed by atoms with Crippen molar-refractivity contribution in [1.29, 1.82) is 0 Å². The van der Waals surface area contributed by atoms with E-state index in [1.807, 2.05) is 17.3 Å². The van der Waals surface area contributed by atoms with E-state index in [2.05, 4.69) is 25.3 Å². The third-order valence-corrected chi connectivity index (χ3v) is 7.14. The van der Waals surface area contributed by atoms with Gasteiger partial charge in [-0.3, -0.25) is 9.59 Å². The lowest BCUT2D eigenvalue weighted by atomic mass is 10.1. The number of nitrogens with one attached hydrogen (secondary N) is 2. The number of halogens is 3. The van der Waals surface area contributed by atoms with Crippen LogP contribution in [-0.4, -0.2) is 75.4 Å². The maximum atomic E-state index is 13.2. The molecule has 0 radical (unpaired) electrons. The molecular formula is C24H30F3N7O3. The maximum Gasteiger partial charge on any atom is 0.423 e. The zero-order valence-electron chi connectivity index (χ0n) is 20.6. The van der Waals surface area contributed by atoms with Gasteiger partial charge in [-0.15, -0.1) is 0 Å². The summed E-state index contributed by atoms with van der Waals surface area (Å²) in [5.74, 6) is 1.31. The van der Waals surface area contributed by atoms with Gasteiger partial charge in [0.15, 0.2) is 0 Å². The molecule has 2 saturated carbocycles. The Balaban J connectivity index is 1.08. The zero-order chi connectivity index (χ0) is 26.2. The molecule has 1 aliphatic heterocycles. The van der Waals surface area contributed by atoms with Gasteiger partial charge in [0.1, 0.15) is 5.56 Å². The summed E-state index contributed by atoms with van der Waals surface area (Å²) in [5.41, 5.74) is -2.06. The lowest BCUT2D eigenvalue weighted by Gasteiger charge is -2.42. The van der Waals surface area contributed by atoms with Crippen molar-refractivity contribution in [2.75, 3.05) is 43.1 Å². The summed E-state index contributed by atoms with van der Waals surface area (Å²) in [6.45, 7) is 3.78. The standard InChI is InChI=1S/C24H30F3N7O3/c1-15(31-18-12-30-32-21(36)20(18)24(25,26)27)13-37-9-4-19(35)34-8-7-33(14-23(34)5-6-23)22-28-10-17(11-29-22)16-2-3-16/h10-12,15-16H,2-9,13-14H2,1H3,(H2,31,32,36)/t15-/m0/s1.